The molecule has 102 valence electrons. The smallest absolute Gasteiger partial charge is 0.214 e. The van der Waals surface area contributed by atoms with E-state index in [2.05, 4.69) is 0 Å². The minimum atomic E-state index is -3.10. The Bertz CT molecular complexity index is 327. The van der Waals surface area contributed by atoms with Crippen molar-refractivity contribution in [1.82, 2.24) is 4.31 Å². The van der Waals surface area contributed by atoms with Crippen LogP contribution in [-0.4, -0.2) is 38.1 Å². The third-order valence-electron chi connectivity index (χ3n) is 3.78. The molecule has 1 aliphatic rings. The Morgan fingerprint density at radius 1 is 1.35 bits per heavy atom. The predicted molar refractivity (Wildman–Crippen MR) is 71.2 cm³/mol. The second-order valence-corrected chi connectivity index (χ2v) is 7.66. The van der Waals surface area contributed by atoms with Gasteiger partial charge in [-0.1, -0.05) is 20.3 Å². The summed E-state index contributed by atoms with van der Waals surface area (Å²) in [5.74, 6) is 1.02. The first kappa shape index (κ1) is 14.9. The number of nitrogens with two attached hydrogens (primary N) is 1. The van der Waals surface area contributed by atoms with E-state index < -0.39 is 10.0 Å². The molecule has 0 amide bonds. The van der Waals surface area contributed by atoms with Crippen molar-refractivity contribution in [3.63, 3.8) is 0 Å². The van der Waals surface area contributed by atoms with Crippen molar-refractivity contribution >= 4 is 10.0 Å². The molecular formula is C12H26N2O2S. The second kappa shape index (κ2) is 6.16. The van der Waals surface area contributed by atoms with Crippen LogP contribution in [0.5, 0.6) is 0 Å². The lowest BCUT2D eigenvalue weighted by Crippen LogP contribution is -2.42. The molecule has 1 rings (SSSR count). The SMILES string of the molecule is CC(C)CCS(=O)(=O)N(C)C1CCCC1CN. The van der Waals surface area contributed by atoms with Crippen LogP contribution in [0.1, 0.15) is 39.5 Å². The quantitative estimate of drug-likeness (QED) is 0.787. The van der Waals surface area contributed by atoms with Crippen LogP contribution in [-0.2, 0) is 10.0 Å². The summed E-state index contributed by atoms with van der Waals surface area (Å²) < 4.78 is 25.9. The molecule has 0 heterocycles. The lowest BCUT2D eigenvalue weighted by atomic mass is 10.0. The molecule has 0 aromatic carbocycles. The number of sulfonamides is 1. The van der Waals surface area contributed by atoms with Gasteiger partial charge in [0, 0.05) is 13.1 Å². The summed E-state index contributed by atoms with van der Waals surface area (Å²) in [7, 11) is -1.39. The van der Waals surface area contributed by atoms with E-state index >= 15 is 0 Å². The minimum Gasteiger partial charge on any atom is -0.330 e. The highest BCUT2D eigenvalue weighted by atomic mass is 32.2. The van der Waals surface area contributed by atoms with Crippen molar-refractivity contribution in [3.8, 4) is 0 Å². The van der Waals surface area contributed by atoms with Gasteiger partial charge in [0.2, 0.25) is 10.0 Å². The van der Waals surface area contributed by atoms with Crippen LogP contribution in [0.15, 0.2) is 0 Å². The molecular weight excluding hydrogens is 236 g/mol. The molecule has 4 nitrogen and oxygen atoms in total. The highest BCUT2D eigenvalue weighted by molar-refractivity contribution is 7.89. The first-order valence-electron chi connectivity index (χ1n) is 6.54. The molecule has 2 unspecified atom stereocenters. The Hall–Kier alpha value is -0.130. The summed E-state index contributed by atoms with van der Waals surface area (Å²) in [5.41, 5.74) is 5.71. The molecule has 1 saturated carbocycles. The number of hydrogen-bond donors (Lipinski definition) is 1. The maximum atomic E-state index is 12.2. The average Bonchev–Trinajstić information content (AvgIpc) is 2.73. The van der Waals surface area contributed by atoms with Crippen LogP contribution in [0.25, 0.3) is 0 Å². The van der Waals surface area contributed by atoms with Crippen molar-refractivity contribution in [2.24, 2.45) is 17.6 Å². The molecule has 0 saturated heterocycles. The van der Waals surface area contributed by atoms with Gasteiger partial charge in [0.25, 0.3) is 0 Å². The third kappa shape index (κ3) is 3.93. The van der Waals surface area contributed by atoms with Crippen LogP contribution >= 0.6 is 0 Å². The zero-order valence-corrected chi connectivity index (χ0v) is 12.0. The van der Waals surface area contributed by atoms with Gasteiger partial charge in [-0.25, -0.2) is 12.7 Å². The Balaban J connectivity index is 2.64. The van der Waals surface area contributed by atoms with E-state index in [0.717, 1.165) is 25.7 Å². The molecule has 2 atom stereocenters. The van der Waals surface area contributed by atoms with Crippen molar-refractivity contribution < 1.29 is 8.42 Å². The number of nitrogens with zero attached hydrogens (tertiary/aromatic N) is 1. The molecule has 0 bridgehead atoms. The van der Waals surface area contributed by atoms with E-state index in [9.17, 15) is 8.42 Å². The largest absolute Gasteiger partial charge is 0.330 e. The van der Waals surface area contributed by atoms with E-state index in [0.29, 0.717) is 18.4 Å². The second-order valence-electron chi connectivity index (χ2n) is 5.51. The van der Waals surface area contributed by atoms with Crippen molar-refractivity contribution in [3.05, 3.63) is 0 Å². The monoisotopic (exact) mass is 262 g/mol. The minimum absolute atomic E-state index is 0.122. The van der Waals surface area contributed by atoms with Crippen molar-refractivity contribution in [2.75, 3.05) is 19.3 Å². The van der Waals surface area contributed by atoms with Crippen molar-refractivity contribution in [1.29, 1.82) is 0 Å². The predicted octanol–water partition coefficient (Wildman–Crippen LogP) is 1.42. The molecule has 1 aliphatic carbocycles. The highest BCUT2D eigenvalue weighted by Crippen LogP contribution is 2.30. The van der Waals surface area contributed by atoms with E-state index in [1.165, 1.54) is 0 Å². The molecule has 0 aliphatic heterocycles. The van der Waals surface area contributed by atoms with E-state index in [4.69, 9.17) is 5.73 Å². The molecule has 0 spiro atoms. The summed E-state index contributed by atoms with van der Waals surface area (Å²) in [5, 5.41) is 0. The lowest BCUT2D eigenvalue weighted by Gasteiger charge is -2.28. The van der Waals surface area contributed by atoms with Gasteiger partial charge < -0.3 is 5.73 Å². The summed E-state index contributed by atoms with van der Waals surface area (Å²) >= 11 is 0. The fraction of sp³-hybridized carbons (Fsp3) is 1.00. The average molecular weight is 262 g/mol. The zero-order chi connectivity index (χ0) is 13.1. The number of rotatable bonds is 6. The first-order valence-corrected chi connectivity index (χ1v) is 8.15. The summed E-state index contributed by atoms with van der Waals surface area (Å²) in [6.07, 6.45) is 3.84. The molecule has 2 N–H and O–H groups in total. The van der Waals surface area contributed by atoms with Gasteiger partial charge in [-0.05, 0) is 37.6 Å². The van der Waals surface area contributed by atoms with Crippen LogP contribution < -0.4 is 5.73 Å². The maximum absolute atomic E-state index is 12.2. The molecule has 5 heteroatoms. The number of hydrogen-bond acceptors (Lipinski definition) is 3. The topological polar surface area (TPSA) is 63.4 Å². The highest BCUT2D eigenvalue weighted by Gasteiger charge is 2.34. The van der Waals surface area contributed by atoms with Gasteiger partial charge in [0.1, 0.15) is 0 Å². The fourth-order valence-electron chi connectivity index (χ4n) is 2.51. The van der Waals surface area contributed by atoms with Crippen LogP contribution in [0.2, 0.25) is 0 Å². The van der Waals surface area contributed by atoms with Crippen LogP contribution in [0.4, 0.5) is 0 Å². The van der Waals surface area contributed by atoms with Gasteiger partial charge in [-0.2, -0.15) is 0 Å². The van der Waals surface area contributed by atoms with Crippen molar-refractivity contribution in [2.45, 2.75) is 45.6 Å². The fourth-order valence-corrected chi connectivity index (χ4v) is 4.25. The maximum Gasteiger partial charge on any atom is 0.214 e. The summed E-state index contributed by atoms with van der Waals surface area (Å²) in [6.45, 7) is 4.69. The molecule has 0 radical (unpaired) electrons. The molecule has 0 aromatic rings. The third-order valence-corrected chi connectivity index (χ3v) is 5.68. The molecule has 1 fully saturated rings. The normalized spacial score (nSPS) is 26.0. The summed E-state index contributed by atoms with van der Waals surface area (Å²) in [4.78, 5) is 0. The Kier molecular flexibility index (Phi) is 5.41. The molecule has 0 aromatic heterocycles. The zero-order valence-electron chi connectivity index (χ0n) is 11.2. The van der Waals surface area contributed by atoms with Gasteiger partial charge in [-0.3, -0.25) is 0 Å². The van der Waals surface area contributed by atoms with E-state index in [-0.39, 0.29) is 11.8 Å². The van der Waals surface area contributed by atoms with Gasteiger partial charge >= 0.3 is 0 Å². The summed E-state index contributed by atoms with van der Waals surface area (Å²) in [6, 6.07) is 0.122. The molecule has 17 heavy (non-hydrogen) atoms. The van der Waals surface area contributed by atoms with Crippen LogP contribution in [0, 0.1) is 11.8 Å². The first-order chi connectivity index (χ1) is 7.88. The standard InChI is InChI=1S/C12H26N2O2S/c1-10(2)7-8-17(15,16)14(3)12-6-4-5-11(12)9-13/h10-12H,4-9,13H2,1-3H3. The lowest BCUT2D eigenvalue weighted by molar-refractivity contribution is 0.303. The van der Waals surface area contributed by atoms with Gasteiger partial charge in [0.15, 0.2) is 0 Å². The Morgan fingerprint density at radius 2 is 2.00 bits per heavy atom. The van der Waals surface area contributed by atoms with E-state index in [1.54, 1.807) is 11.4 Å². The van der Waals surface area contributed by atoms with Gasteiger partial charge in [0.05, 0.1) is 5.75 Å². The van der Waals surface area contributed by atoms with Gasteiger partial charge in [-0.15, -0.1) is 0 Å². The Morgan fingerprint density at radius 3 is 2.53 bits per heavy atom. The van der Waals surface area contributed by atoms with E-state index in [1.807, 2.05) is 13.8 Å². The van der Waals surface area contributed by atoms with Crippen LogP contribution in [0.3, 0.4) is 0 Å². The Labute approximate surface area is 106 Å².